The highest BCUT2D eigenvalue weighted by molar-refractivity contribution is 9.10. The van der Waals surface area contributed by atoms with Gasteiger partial charge in [-0.2, -0.15) is 0 Å². The standard InChI is InChI=1S/C16H16BrFO/c1-2-16(19,13-6-4-3-5-7-13)11-12-8-9-14(17)10-15(12)18/h3-10,19H,2,11H2,1H3. The maximum atomic E-state index is 13.9. The van der Waals surface area contributed by atoms with E-state index in [1.54, 1.807) is 12.1 Å². The van der Waals surface area contributed by atoms with Crippen LogP contribution in [0.15, 0.2) is 53.0 Å². The molecular weight excluding hydrogens is 307 g/mol. The van der Waals surface area contributed by atoms with Crippen LogP contribution < -0.4 is 0 Å². The first-order valence-electron chi connectivity index (χ1n) is 6.27. The van der Waals surface area contributed by atoms with Crippen molar-refractivity contribution in [2.24, 2.45) is 0 Å². The molecule has 0 aliphatic heterocycles. The van der Waals surface area contributed by atoms with Gasteiger partial charge in [0.2, 0.25) is 0 Å². The largest absolute Gasteiger partial charge is 0.385 e. The van der Waals surface area contributed by atoms with Gasteiger partial charge in [0.25, 0.3) is 0 Å². The Hall–Kier alpha value is -1.19. The van der Waals surface area contributed by atoms with Crippen molar-refractivity contribution in [3.05, 3.63) is 69.9 Å². The minimum Gasteiger partial charge on any atom is -0.385 e. The molecule has 2 aromatic carbocycles. The van der Waals surface area contributed by atoms with E-state index in [4.69, 9.17) is 0 Å². The predicted molar refractivity (Wildman–Crippen MR) is 78.4 cm³/mol. The lowest BCUT2D eigenvalue weighted by molar-refractivity contribution is 0.0319. The Morgan fingerprint density at radius 2 is 1.84 bits per heavy atom. The molecule has 1 nitrogen and oxygen atoms in total. The topological polar surface area (TPSA) is 20.2 Å². The molecule has 100 valence electrons. The van der Waals surface area contributed by atoms with Crippen LogP contribution in [0.2, 0.25) is 0 Å². The SMILES string of the molecule is CCC(O)(Cc1ccc(Br)cc1F)c1ccccc1. The molecule has 0 saturated carbocycles. The fourth-order valence-electron chi connectivity index (χ4n) is 2.16. The molecule has 19 heavy (non-hydrogen) atoms. The van der Waals surface area contributed by atoms with Crippen LogP contribution in [0.3, 0.4) is 0 Å². The van der Waals surface area contributed by atoms with Crippen molar-refractivity contribution >= 4 is 15.9 Å². The summed E-state index contributed by atoms with van der Waals surface area (Å²) in [6.07, 6.45) is 0.805. The highest BCUT2D eigenvalue weighted by Gasteiger charge is 2.28. The Labute approximate surface area is 121 Å². The van der Waals surface area contributed by atoms with Gasteiger partial charge in [0.1, 0.15) is 5.82 Å². The van der Waals surface area contributed by atoms with Gasteiger partial charge in [-0.3, -0.25) is 0 Å². The maximum absolute atomic E-state index is 13.9. The van der Waals surface area contributed by atoms with E-state index in [0.29, 0.717) is 16.5 Å². The van der Waals surface area contributed by atoms with E-state index in [2.05, 4.69) is 15.9 Å². The van der Waals surface area contributed by atoms with E-state index in [1.807, 2.05) is 37.3 Å². The van der Waals surface area contributed by atoms with Gasteiger partial charge >= 0.3 is 0 Å². The maximum Gasteiger partial charge on any atom is 0.127 e. The van der Waals surface area contributed by atoms with Crippen molar-refractivity contribution in [1.82, 2.24) is 0 Å². The number of rotatable bonds is 4. The van der Waals surface area contributed by atoms with E-state index < -0.39 is 5.60 Å². The molecule has 0 amide bonds. The lowest BCUT2D eigenvalue weighted by atomic mass is 9.85. The first kappa shape index (κ1) is 14.2. The van der Waals surface area contributed by atoms with Crippen LogP contribution in [0.4, 0.5) is 4.39 Å². The third-order valence-electron chi connectivity index (χ3n) is 3.39. The Bertz CT molecular complexity index is 556. The van der Waals surface area contributed by atoms with Crippen LogP contribution in [0.25, 0.3) is 0 Å². The Morgan fingerprint density at radius 1 is 1.16 bits per heavy atom. The Morgan fingerprint density at radius 3 is 2.42 bits per heavy atom. The molecular formula is C16H16BrFO. The molecule has 0 aliphatic carbocycles. The van der Waals surface area contributed by atoms with E-state index in [-0.39, 0.29) is 12.2 Å². The first-order valence-corrected chi connectivity index (χ1v) is 7.06. The molecule has 0 saturated heterocycles. The van der Waals surface area contributed by atoms with Gasteiger partial charge in [0.05, 0.1) is 5.60 Å². The quantitative estimate of drug-likeness (QED) is 0.882. The number of hydrogen-bond donors (Lipinski definition) is 1. The van der Waals surface area contributed by atoms with Crippen LogP contribution in [0, 0.1) is 5.82 Å². The summed E-state index contributed by atoms with van der Waals surface area (Å²) in [7, 11) is 0. The second-order valence-corrected chi connectivity index (χ2v) is 5.58. The Balaban J connectivity index is 2.33. The average Bonchev–Trinajstić information content (AvgIpc) is 2.43. The van der Waals surface area contributed by atoms with Crippen molar-refractivity contribution in [2.75, 3.05) is 0 Å². The molecule has 1 unspecified atom stereocenters. The molecule has 0 aromatic heterocycles. The third kappa shape index (κ3) is 3.23. The zero-order valence-electron chi connectivity index (χ0n) is 10.7. The molecule has 2 rings (SSSR count). The lowest BCUT2D eigenvalue weighted by Crippen LogP contribution is -2.28. The summed E-state index contributed by atoms with van der Waals surface area (Å²) in [6, 6.07) is 14.3. The van der Waals surface area contributed by atoms with E-state index in [0.717, 1.165) is 5.56 Å². The molecule has 0 spiro atoms. The minimum atomic E-state index is -1.03. The summed E-state index contributed by atoms with van der Waals surface area (Å²) in [4.78, 5) is 0. The summed E-state index contributed by atoms with van der Waals surface area (Å²) in [5, 5.41) is 10.8. The van der Waals surface area contributed by atoms with Crippen molar-refractivity contribution in [1.29, 1.82) is 0 Å². The van der Waals surface area contributed by atoms with E-state index in [1.165, 1.54) is 6.07 Å². The van der Waals surface area contributed by atoms with Gasteiger partial charge in [-0.25, -0.2) is 4.39 Å². The van der Waals surface area contributed by atoms with Crippen molar-refractivity contribution in [3.8, 4) is 0 Å². The zero-order valence-corrected chi connectivity index (χ0v) is 12.3. The molecule has 0 aliphatic rings. The van der Waals surface area contributed by atoms with Crippen LogP contribution in [0.5, 0.6) is 0 Å². The highest BCUT2D eigenvalue weighted by atomic mass is 79.9. The normalized spacial score (nSPS) is 14.1. The monoisotopic (exact) mass is 322 g/mol. The fourth-order valence-corrected chi connectivity index (χ4v) is 2.49. The summed E-state index contributed by atoms with van der Waals surface area (Å²) in [5.74, 6) is -0.294. The van der Waals surface area contributed by atoms with Gasteiger partial charge in [-0.1, -0.05) is 59.3 Å². The highest BCUT2D eigenvalue weighted by Crippen LogP contribution is 2.30. The Kier molecular flexibility index (Phi) is 4.38. The van der Waals surface area contributed by atoms with Crippen LogP contribution in [-0.2, 0) is 12.0 Å². The zero-order chi connectivity index (χ0) is 13.9. The lowest BCUT2D eigenvalue weighted by Gasteiger charge is -2.27. The minimum absolute atomic E-state index is 0.270. The molecule has 0 radical (unpaired) electrons. The first-order chi connectivity index (χ1) is 9.05. The molecule has 1 N–H and O–H groups in total. The van der Waals surface area contributed by atoms with Crippen LogP contribution >= 0.6 is 15.9 Å². The fraction of sp³-hybridized carbons (Fsp3) is 0.250. The van der Waals surface area contributed by atoms with Gasteiger partial charge in [0.15, 0.2) is 0 Å². The van der Waals surface area contributed by atoms with Crippen LogP contribution in [-0.4, -0.2) is 5.11 Å². The molecule has 1 atom stereocenters. The third-order valence-corrected chi connectivity index (χ3v) is 3.89. The molecule has 3 heteroatoms. The van der Waals surface area contributed by atoms with Gasteiger partial charge < -0.3 is 5.11 Å². The van der Waals surface area contributed by atoms with Crippen molar-refractivity contribution in [3.63, 3.8) is 0 Å². The summed E-state index contributed by atoms with van der Waals surface area (Å²) in [5.41, 5.74) is 0.312. The average molecular weight is 323 g/mol. The molecule has 0 heterocycles. The molecule has 2 aromatic rings. The second kappa shape index (κ2) is 5.85. The van der Waals surface area contributed by atoms with E-state index in [9.17, 15) is 9.50 Å². The smallest absolute Gasteiger partial charge is 0.127 e. The van der Waals surface area contributed by atoms with E-state index >= 15 is 0 Å². The van der Waals surface area contributed by atoms with Crippen molar-refractivity contribution < 1.29 is 9.50 Å². The van der Waals surface area contributed by atoms with Crippen LogP contribution in [0.1, 0.15) is 24.5 Å². The summed E-state index contributed by atoms with van der Waals surface area (Å²) < 4.78 is 14.6. The number of hydrogen-bond acceptors (Lipinski definition) is 1. The van der Waals surface area contributed by atoms with Gasteiger partial charge in [-0.15, -0.1) is 0 Å². The molecule has 0 fully saturated rings. The van der Waals surface area contributed by atoms with Gasteiger partial charge in [0, 0.05) is 10.9 Å². The second-order valence-electron chi connectivity index (χ2n) is 4.66. The number of aliphatic hydroxyl groups is 1. The summed E-state index contributed by atoms with van der Waals surface area (Å²) >= 11 is 3.24. The van der Waals surface area contributed by atoms with Crippen molar-refractivity contribution in [2.45, 2.75) is 25.4 Å². The number of halogens is 2. The number of benzene rings is 2. The predicted octanol–water partition coefficient (Wildman–Crippen LogP) is 4.43. The molecule has 0 bridgehead atoms. The van der Waals surface area contributed by atoms with Gasteiger partial charge in [-0.05, 0) is 29.7 Å². The summed E-state index contributed by atoms with van der Waals surface area (Å²) in [6.45, 7) is 1.91.